The van der Waals surface area contributed by atoms with Crippen LogP contribution in [-0.4, -0.2) is 33.2 Å². The fourth-order valence-electron chi connectivity index (χ4n) is 1.63. The third kappa shape index (κ3) is 4.41. The molecular formula is C11H19N3O3S2. The quantitative estimate of drug-likeness (QED) is 0.702. The van der Waals surface area contributed by atoms with Crippen LogP contribution in [0.1, 0.15) is 25.0 Å². The first-order chi connectivity index (χ1) is 8.99. The predicted octanol–water partition coefficient (Wildman–Crippen LogP) is 1.13. The van der Waals surface area contributed by atoms with E-state index in [0.717, 1.165) is 23.9 Å². The maximum Gasteiger partial charge on any atom is 0.252 e. The lowest BCUT2D eigenvalue weighted by atomic mass is 10.4. The Labute approximate surface area is 117 Å². The molecule has 0 aromatic carbocycles. The number of nitrogens with zero attached hydrogens (tertiary/aromatic N) is 1. The zero-order chi connectivity index (χ0) is 13.9. The molecule has 0 bridgehead atoms. The Balaban J connectivity index is 1.72. The molecule has 6 nitrogen and oxygen atoms in total. The molecule has 108 valence electrons. The number of hydrogen-bond donors (Lipinski definition) is 2. The number of nitrogens with two attached hydrogens (primary N) is 1. The van der Waals surface area contributed by atoms with Crippen LogP contribution in [0.15, 0.2) is 4.21 Å². The van der Waals surface area contributed by atoms with E-state index < -0.39 is 10.0 Å². The second kappa shape index (κ2) is 6.17. The van der Waals surface area contributed by atoms with Crippen LogP contribution in [0.3, 0.4) is 0 Å². The number of rotatable bonds is 8. The first-order valence-electron chi connectivity index (χ1n) is 6.29. The minimum absolute atomic E-state index is 0.198. The maximum absolute atomic E-state index is 12.0. The van der Waals surface area contributed by atoms with Gasteiger partial charge >= 0.3 is 0 Å². The van der Waals surface area contributed by atoms with Gasteiger partial charge in [-0.15, -0.1) is 0 Å². The molecule has 0 radical (unpaired) electrons. The zero-order valence-electron chi connectivity index (χ0n) is 10.9. The lowest BCUT2D eigenvalue weighted by Crippen LogP contribution is -2.25. The van der Waals surface area contributed by atoms with E-state index >= 15 is 0 Å². The molecule has 1 aliphatic rings. The highest BCUT2D eigenvalue weighted by atomic mass is 32.2. The van der Waals surface area contributed by atoms with Crippen LogP contribution in [0, 0.1) is 12.8 Å². The molecule has 1 aromatic rings. The predicted molar refractivity (Wildman–Crippen MR) is 74.6 cm³/mol. The summed E-state index contributed by atoms with van der Waals surface area (Å²) in [5.41, 5.74) is 5.94. The molecule has 1 aliphatic carbocycles. The molecule has 1 fully saturated rings. The topological polar surface area (TPSA) is 94.3 Å². The molecule has 1 heterocycles. The molecule has 0 amide bonds. The van der Waals surface area contributed by atoms with Crippen molar-refractivity contribution in [2.75, 3.05) is 25.5 Å². The van der Waals surface area contributed by atoms with Crippen LogP contribution in [0.25, 0.3) is 0 Å². The van der Waals surface area contributed by atoms with Crippen LogP contribution in [-0.2, 0) is 14.8 Å². The first kappa shape index (κ1) is 14.7. The van der Waals surface area contributed by atoms with E-state index in [0.29, 0.717) is 25.3 Å². The van der Waals surface area contributed by atoms with Crippen LogP contribution in [0.2, 0.25) is 0 Å². The number of ether oxygens (including phenoxy) is 1. The monoisotopic (exact) mass is 305 g/mol. The van der Waals surface area contributed by atoms with Crippen molar-refractivity contribution < 1.29 is 13.2 Å². The van der Waals surface area contributed by atoms with E-state index in [1.54, 1.807) is 6.92 Å². The maximum atomic E-state index is 12.0. The van der Waals surface area contributed by atoms with Crippen molar-refractivity contribution in [3.8, 4) is 0 Å². The number of aryl methyl sites for hydroxylation is 1. The Morgan fingerprint density at radius 1 is 1.53 bits per heavy atom. The zero-order valence-corrected chi connectivity index (χ0v) is 12.5. The second-order valence-electron chi connectivity index (χ2n) is 4.69. The molecule has 3 N–H and O–H groups in total. The third-order valence-corrected chi connectivity index (χ3v) is 5.88. The molecule has 0 atom stereocenters. The minimum atomic E-state index is -3.49. The van der Waals surface area contributed by atoms with Gasteiger partial charge in [0.25, 0.3) is 10.0 Å². The van der Waals surface area contributed by atoms with Crippen LogP contribution in [0.4, 0.5) is 5.13 Å². The number of nitrogen functional groups attached to an aromatic ring is 1. The molecule has 0 spiro atoms. The summed E-state index contributed by atoms with van der Waals surface area (Å²) in [7, 11) is -3.49. The van der Waals surface area contributed by atoms with Crippen LogP contribution in [0.5, 0.6) is 0 Å². The van der Waals surface area contributed by atoms with Gasteiger partial charge < -0.3 is 10.5 Å². The van der Waals surface area contributed by atoms with Gasteiger partial charge in [-0.2, -0.15) is 0 Å². The SMILES string of the molecule is Cc1nc(N)sc1S(=O)(=O)NCCCOCC1CC1. The molecule has 1 saturated carbocycles. The fourth-order valence-corrected chi connectivity index (χ4v) is 4.05. The average Bonchev–Trinajstić information content (AvgIpc) is 3.08. The summed E-state index contributed by atoms with van der Waals surface area (Å²) < 4.78 is 32.1. The Hall–Kier alpha value is -0.700. The number of aromatic nitrogens is 1. The highest BCUT2D eigenvalue weighted by Crippen LogP contribution is 2.28. The third-order valence-electron chi connectivity index (χ3n) is 2.82. The van der Waals surface area contributed by atoms with Crippen LogP contribution >= 0.6 is 11.3 Å². The normalized spacial score (nSPS) is 15.8. The van der Waals surface area contributed by atoms with E-state index in [1.165, 1.54) is 12.8 Å². The van der Waals surface area contributed by atoms with Crippen molar-refractivity contribution in [2.45, 2.75) is 30.4 Å². The van der Waals surface area contributed by atoms with Gasteiger partial charge in [0.05, 0.1) is 5.69 Å². The Bertz CT molecular complexity index is 523. The number of hydrogen-bond acceptors (Lipinski definition) is 6. The van der Waals surface area contributed by atoms with Crippen molar-refractivity contribution >= 4 is 26.5 Å². The van der Waals surface area contributed by atoms with Gasteiger partial charge in [0.1, 0.15) is 0 Å². The van der Waals surface area contributed by atoms with E-state index in [9.17, 15) is 8.42 Å². The average molecular weight is 305 g/mol. The van der Waals surface area contributed by atoms with Gasteiger partial charge in [-0.1, -0.05) is 11.3 Å². The van der Waals surface area contributed by atoms with Gasteiger partial charge in [-0.05, 0) is 32.1 Å². The van der Waals surface area contributed by atoms with E-state index in [1.807, 2.05) is 0 Å². The molecule has 2 rings (SSSR count). The molecule has 8 heteroatoms. The Morgan fingerprint density at radius 3 is 2.84 bits per heavy atom. The van der Waals surface area contributed by atoms with Gasteiger partial charge in [0.15, 0.2) is 9.34 Å². The van der Waals surface area contributed by atoms with Gasteiger partial charge in [0.2, 0.25) is 0 Å². The molecule has 0 unspecified atom stereocenters. The number of sulfonamides is 1. The number of anilines is 1. The lowest BCUT2D eigenvalue weighted by molar-refractivity contribution is 0.123. The molecule has 0 saturated heterocycles. The van der Waals surface area contributed by atoms with E-state index in [4.69, 9.17) is 10.5 Å². The van der Waals surface area contributed by atoms with Crippen molar-refractivity contribution in [3.05, 3.63) is 5.69 Å². The fraction of sp³-hybridized carbons (Fsp3) is 0.727. The number of thiazole rings is 1. The van der Waals surface area contributed by atoms with Crippen LogP contribution < -0.4 is 10.5 Å². The summed E-state index contributed by atoms with van der Waals surface area (Å²) in [6.07, 6.45) is 3.19. The Kier molecular flexibility index (Phi) is 4.77. The molecule has 1 aromatic heterocycles. The Morgan fingerprint density at radius 2 is 2.26 bits per heavy atom. The highest BCUT2D eigenvalue weighted by molar-refractivity contribution is 7.91. The largest absolute Gasteiger partial charge is 0.381 e. The summed E-state index contributed by atoms with van der Waals surface area (Å²) in [6.45, 7) is 3.39. The summed E-state index contributed by atoms with van der Waals surface area (Å²) in [5, 5.41) is 0.269. The van der Waals surface area contributed by atoms with Crippen molar-refractivity contribution in [2.24, 2.45) is 5.92 Å². The minimum Gasteiger partial charge on any atom is -0.381 e. The lowest BCUT2D eigenvalue weighted by Gasteiger charge is -2.06. The first-order valence-corrected chi connectivity index (χ1v) is 8.59. The van der Waals surface area contributed by atoms with Gasteiger partial charge in [-0.25, -0.2) is 18.1 Å². The van der Waals surface area contributed by atoms with E-state index in [2.05, 4.69) is 9.71 Å². The van der Waals surface area contributed by atoms with Crippen molar-refractivity contribution in [1.29, 1.82) is 0 Å². The summed E-state index contributed by atoms with van der Waals surface area (Å²) in [6, 6.07) is 0. The van der Waals surface area contributed by atoms with Crippen molar-refractivity contribution in [3.63, 3.8) is 0 Å². The molecular weight excluding hydrogens is 286 g/mol. The smallest absolute Gasteiger partial charge is 0.252 e. The summed E-state index contributed by atoms with van der Waals surface area (Å²) in [5.74, 6) is 0.736. The highest BCUT2D eigenvalue weighted by Gasteiger charge is 2.22. The molecule has 0 aliphatic heterocycles. The van der Waals surface area contributed by atoms with Crippen molar-refractivity contribution in [1.82, 2.24) is 9.71 Å². The van der Waals surface area contributed by atoms with Gasteiger partial charge in [-0.3, -0.25) is 0 Å². The standard InChI is InChI=1S/C11H19N3O3S2/c1-8-10(18-11(12)14-8)19(15,16)13-5-2-6-17-7-9-3-4-9/h9,13H,2-7H2,1H3,(H2,12,14). The van der Waals surface area contributed by atoms with E-state index in [-0.39, 0.29) is 9.34 Å². The second-order valence-corrected chi connectivity index (χ2v) is 7.69. The summed E-state index contributed by atoms with van der Waals surface area (Å²) >= 11 is 0.987. The molecule has 19 heavy (non-hydrogen) atoms. The summed E-state index contributed by atoms with van der Waals surface area (Å²) in [4.78, 5) is 3.91. The van der Waals surface area contributed by atoms with Gasteiger partial charge in [0, 0.05) is 19.8 Å². The number of nitrogens with one attached hydrogen (secondary N) is 1.